The molecule has 2 bridgehead atoms. The zero-order valence-corrected chi connectivity index (χ0v) is 13.1. The van der Waals surface area contributed by atoms with E-state index in [-0.39, 0.29) is 11.9 Å². The van der Waals surface area contributed by atoms with Gasteiger partial charge in [-0.25, -0.2) is 4.98 Å². The summed E-state index contributed by atoms with van der Waals surface area (Å²) in [7, 11) is 0. The van der Waals surface area contributed by atoms with Crippen LogP contribution in [0.5, 0.6) is 0 Å². The zero-order chi connectivity index (χ0) is 15.8. The van der Waals surface area contributed by atoms with Gasteiger partial charge >= 0.3 is 0 Å². The second-order valence-electron chi connectivity index (χ2n) is 6.28. The number of piperidine rings is 3. The Bertz CT molecular complexity index is 807. The topological polar surface area (TPSA) is 58.4 Å². The number of rotatable bonds is 2. The summed E-state index contributed by atoms with van der Waals surface area (Å²) in [6.07, 6.45) is 5.57. The van der Waals surface area contributed by atoms with Crippen molar-refractivity contribution in [3.63, 3.8) is 0 Å². The Morgan fingerprint density at radius 2 is 2.26 bits per heavy atom. The van der Waals surface area contributed by atoms with Crippen LogP contribution in [0.3, 0.4) is 0 Å². The summed E-state index contributed by atoms with van der Waals surface area (Å²) in [4.78, 5) is 19.3. The fraction of sp³-hybridized carbons (Fsp3) is 0.444. The van der Waals surface area contributed by atoms with E-state index >= 15 is 0 Å². The summed E-state index contributed by atoms with van der Waals surface area (Å²) >= 11 is 0. The van der Waals surface area contributed by atoms with E-state index in [0.29, 0.717) is 17.2 Å². The van der Waals surface area contributed by atoms with Gasteiger partial charge in [-0.1, -0.05) is 5.92 Å². The third kappa shape index (κ3) is 2.49. The van der Waals surface area contributed by atoms with Crippen LogP contribution in [0.4, 0.5) is 0 Å². The molecule has 5 heterocycles. The molecular weight excluding hydrogens is 290 g/mol. The van der Waals surface area contributed by atoms with Crippen molar-refractivity contribution in [2.45, 2.75) is 25.8 Å². The smallest absolute Gasteiger partial charge is 0.274 e. The number of fused-ring (bicyclic) bond motifs is 4. The number of hydrogen-bond donors (Lipinski definition) is 1. The standard InChI is InChI=1S/C18H19N3O2/c1-2-3-13-11-23-17-14(13)4-7-19-16(17)18(22)20-15-10-21-8-5-12(15)6-9-21/h4,7,11-12,15H,5-6,8-10H2,1H3,(H,20,22)/t15-/m0/s1. The van der Waals surface area contributed by atoms with Crippen molar-refractivity contribution >= 4 is 16.9 Å². The van der Waals surface area contributed by atoms with Gasteiger partial charge in [0.2, 0.25) is 0 Å². The van der Waals surface area contributed by atoms with Gasteiger partial charge in [-0.15, -0.1) is 5.92 Å². The van der Waals surface area contributed by atoms with E-state index in [4.69, 9.17) is 4.42 Å². The molecule has 1 atom stereocenters. The molecule has 0 aliphatic carbocycles. The fourth-order valence-corrected chi connectivity index (χ4v) is 3.72. The van der Waals surface area contributed by atoms with E-state index in [9.17, 15) is 4.79 Å². The van der Waals surface area contributed by atoms with Crippen LogP contribution < -0.4 is 5.32 Å². The number of pyridine rings is 1. The first-order valence-electron chi connectivity index (χ1n) is 8.08. The minimum Gasteiger partial charge on any atom is -0.460 e. The monoisotopic (exact) mass is 309 g/mol. The van der Waals surface area contributed by atoms with Crippen LogP contribution >= 0.6 is 0 Å². The van der Waals surface area contributed by atoms with Crippen LogP contribution in [0.1, 0.15) is 35.8 Å². The summed E-state index contributed by atoms with van der Waals surface area (Å²) in [6.45, 7) is 5.03. The number of furan rings is 1. The number of hydrogen-bond acceptors (Lipinski definition) is 4. The molecule has 3 aliphatic rings. The number of amides is 1. The number of carbonyl (C=O) groups is 1. The minimum absolute atomic E-state index is 0.153. The molecule has 0 unspecified atom stereocenters. The summed E-state index contributed by atoms with van der Waals surface area (Å²) < 4.78 is 5.57. The summed E-state index contributed by atoms with van der Waals surface area (Å²) in [5, 5.41) is 4.00. The highest BCUT2D eigenvalue weighted by atomic mass is 16.3. The first-order chi connectivity index (χ1) is 11.3. The second-order valence-corrected chi connectivity index (χ2v) is 6.28. The predicted octanol–water partition coefficient (Wildman–Crippen LogP) is 2.02. The summed E-state index contributed by atoms with van der Waals surface area (Å²) in [6, 6.07) is 2.05. The van der Waals surface area contributed by atoms with E-state index in [0.717, 1.165) is 30.6 Å². The quantitative estimate of drug-likeness (QED) is 0.862. The number of carbonyl (C=O) groups excluding carboxylic acids is 1. The lowest BCUT2D eigenvalue weighted by atomic mass is 9.84. The Kier molecular flexibility index (Phi) is 3.55. The Morgan fingerprint density at radius 3 is 2.96 bits per heavy atom. The molecule has 0 saturated carbocycles. The largest absolute Gasteiger partial charge is 0.460 e. The van der Waals surface area contributed by atoms with E-state index in [1.54, 1.807) is 19.4 Å². The molecule has 1 N–H and O–H groups in total. The maximum Gasteiger partial charge on any atom is 0.274 e. The lowest BCUT2D eigenvalue weighted by Crippen LogP contribution is -2.57. The Labute approximate surface area is 135 Å². The van der Waals surface area contributed by atoms with Crippen molar-refractivity contribution in [3.8, 4) is 11.8 Å². The van der Waals surface area contributed by atoms with Gasteiger partial charge in [-0.3, -0.25) is 4.79 Å². The molecule has 3 fully saturated rings. The van der Waals surface area contributed by atoms with Gasteiger partial charge in [0, 0.05) is 24.2 Å². The van der Waals surface area contributed by atoms with Gasteiger partial charge < -0.3 is 14.6 Å². The maximum absolute atomic E-state index is 12.7. The summed E-state index contributed by atoms with van der Waals surface area (Å²) in [5.74, 6) is 6.28. The second kappa shape index (κ2) is 5.71. The van der Waals surface area contributed by atoms with E-state index < -0.39 is 0 Å². The Morgan fingerprint density at radius 1 is 1.43 bits per heavy atom. The van der Waals surface area contributed by atoms with Crippen molar-refractivity contribution in [3.05, 3.63) is 29.8 Å². The van der Waals surface area contributed by atoms with Crippen LogP contribution in [0.15, 0.2) is 22.9 Å². The minimum atomic E-state index is -0.153. The molecule has 5 nitrogen and oxygen atoms in total. The normalized spacial score (nSPS) is 25.9. The van der Waals surface area contributed by atoms with Crippen LogP contribution in [0.2, 0.25) is 0 Å². The van der Waals surface area contributed by atoms with Crippen molar-refractivity contribution in [1.29, 1.82) is 0 Å². The molecule has 0 spiro atoms. The molecule has 118 valence electrons. The number of nitrogens with zero attached hydrogens (tertiary/aromatic N) is 2. The highest BCUT2D eigenvalue weighted by Gasteiger charge is 2.35. The number of aromatic nitrogens is 1. The third-order valence-electron chi connectivity index (χ3n) is 4.94. The van der Waals surface area contributed by atoms with Crippen LogP contribution in [0, 0.1) is 17.8 Å². The molecular formula is C18H19N3O2. The van der Waals surface area contributed by atoms with E-state index in [1.807, 2.05) is 6.07 Å². The van der Waals surface area contributed by atoms with Crippen molar-refractivity contribution in [2.75, 3.05) is 19.6 Å². The van der Waals surface area contributed by atoms with Gasteiger partial charge in [0.15, 0.2) is 11.3 Å². The Hall–Kier alpha value is -2.32. The van der Waals surface area contributed by atoms with Gasteiger partial charge in [-0.05, 0) is 44.8 Å². The molecule has 0 radical (unpaired) electrons. The Balaban J connectivity index is 1.61. The highest BCUT2D eigenvalue weighted by Crippen LogP contribution is 2.28. The van der Waals surface area contributed by atoms with E-state index in [2.05, 4.69) is 27.0 Å². The zero-order valence-electron chi connectivity index (χ0n) is 13.1. The predicted molar refractivity (Wildman–Crippen MR) is 87.0 cm³/mol. The average molecular weight is 309 g/mol. The maximum atomic E-state index is 12.7. The van der Waals surface area contributed by atoms with Crippen LogP contribution in [0.25, 0.3) is 11.0 Å². The molecule has 5 rings (SSSR count). The van der Waals surface area contributed by atoms with Crippen LogP contribution in [-0.2, 0) is 0 Å². The van der Waals surface area contributed by atoms with Gasteiger partial charge in [-0.2, -0.15) is 0 Å². The lowest BCUT2D eigenvalue weighted by molar-refractivity contribution is 0.0618. The van der Waals surface area contributed by atoms with Crippen molar-refractivity contribution in [2.24, 2.45) is 5.92 Å². The van der Waals surface area contributed by atoms with Crippen molar-refractivity contribution in [1.82, 2.24) is 15.2 Å². The van der Waals surface area contributed by atoms with Crippen molar-refractivity contribution < 1.29 is 9.21 Å². The van der Waals surface area contributed by atoms with Gasteiger partial charge in [0.1, 0.15) is 6.26 Å². The molecule has 3 saturated heterocycles. The van der Waals surface area contributed by atoms with Gasteiger partial charge in [0.05, 0.1) is 5.56 Å². The summed E-state index contributed by atoms with van der Waals surface area (Å²) in [5.41, 5.74) is 1.66. The highest BCUT2D eigenvalue weighted by molar-refractivity contribution is 6.04. The first kappa shape index (κ1) is 14.3. The number of nitrogens with one attached hydrogen (secondary N) is 1. The average Bonchev–Trinajstić information content (AvgIpc) is 2.99. The molecule has 23 heavy (non-hydrogen) atoms. The molecule has 0 aromatic carbocycles. The molecule has 2 aromatic rings. The lowest BCUT2D eigenvalue weighted by Gasteiger charge is -2.44. The SMILES string of the molecule is CC#Cc1coc2c(C(=O)N[C@H]3CN4CCC3CC4)nccc12. The molecule has 1 amide bonds. The fourth-order valence-electron chi connectivity index (χ4n) is 3.72. The molecule has 3 aliphatic heterocycles. The molecule has 2 aromatic heterocycles. The van der Waals surface area contributed by atoms with E-state index in [1.165, 1.54) is 12.8 Å². The first-order valence-corrected chi connectivity index (χ1v) is 8.08. The van der Waals surface area contributed by atoms with Crippen LogP contribution in [-0.4, -0.2) is 41.5 Å². The third-order valence-corrected chi connectivity index (χ3v) is 4.94. The van der Waals surface area contributed by atoms with Gasteiger partial charge in [0.25, 0.3) is 5.91 Å². The molecule has 5 heteroatoms.